The van der Waals surface area contributed by atoms with Gasteiger partial charge in [-0.1, -0.05) is 58.3 Å². The molecule has 0 fully saturated rings. The molecule has 0 aliphatic carbocycles. The van der Waals surface area contributed by atoms with Crippen molar-refractivity contribution in [2.45, 2.75) is 78.1 Å². The van der Waals surface area contributed by atoms with Crippen LogP contribution in [0.2, 0.25) is 0 Å². The van der Waals surface area contributed by atoms with Gasteiger partial charge in [0.2, 0.25) is 5.91 Å². The molecule has 0 rings (SSSR count). The van der Waals surface area contributed by atoms with Crippen LogP contribution in [-0.4, -0.2) is 11.7 Å². The first-order chi connectivity index (χ1) is 8.59. The number of rotatable bonds is 12. The zero-order chi connectivity index (χ0) is 13.8. The molecule has 0 bridgehead atoms. The summed E-state index contributed by atoms with van der Waals surface area (Å²) in [6.07, 6.45) is 11.6. The van der Waals surface area contributed by atoms with Gasteiger partial charge in [0.25, 0.3) is 0 Å². The molecule has 0 aromatic rings. The summed E-state index contributed by atoms with van der Waals surface area (Å²) in [6, 6.07) is 0. The summed E-state index contributed by atoms with van der Waals surface area (Å²) in [5, 5.41) is 0. The van der Waals surface area contributed by atoms with E-state index in [0.29, 0.717) is 6.42 Å². The summed E-state index contributed by atoms with van der Waals surface area (Å²) in [7, 11) is 0. The van der Waals surface area contributed by atoms with Gasteiger partial charge in [-0.3, -0.25) is 9.59 Å². The first kappa shape index (κ1) is 17.1. The lowest BCUT2D eigenvalue weighted by atomic mass is 9.99. The van der Waals surface area contributed by atoms with Crippen molar-refractivity contribution in [1.82, 2.24) is 0 Å². The van der Waals surface area contributed by atoms with E-state index in [4.69, 9.17) is 5.73 Å². The molecule has 0 aliphatic rings. The molecule has 0 spiro atoms. The maximum atomic E-state index is 11.5. The van der Waals surface area contributed by atoms with Crippen LogP contribution in [0, 0.1) is 5.92 Å². The smallest absolute Gasteiger partial charge is 0.227 e. The zero-order valence-corrected chi connectivity index (χ0v) is 12.0. The number of hydrogen-bond donors (Lipinski definition) is 1. The molecule has 18 heavy (non-hydrogen) atoms. The second kappa shape index (κ2) is 11.2. The van der Waals surface area contributed by atoms with Gasteiger partial charge < -0.3 is 5.73 Å². The fourth-order valence-corrected chi connectivity index (χ4v) is 1.99. The number of hydrogen-bond acceptors (Lipinski definition) is 2. The molecule has 106 valence electrons. The number of unbranched alkanes of at least 4 members (excludes halogenated alkanes) is 8. The number of primary amides is 1. The molecule has 3 heteroatoms. The Morgan fingerprint density at radius 2 is 1.33 bits per heavy atom. The molecular weight excluding hydrogens is 226 g/mol. The quantitative estimate of drug-likeness (QED) is 0.428. The van der Waals surface area contributed by atoms with Crippen LogP contribution >= 0.6 is 0 Å². The normalized spacial score (nSPS) is 12.3. The maximum absolute atomic E-state index is 11.5. The van der Waals surface area contributed by atoms with Crippen LogP contribution in [-0.2, 0) is 9.59 Å². The van der Waals surface area contributed by atoms with Crippen LogP contribution in [0.4, 0.5) is 0 Å². The van der Waals surface area contributed by atoms with E-state index in [-0.39, 0.29) is 5.78 Å². The Bertz CT molecular complexity index is 239. The van der Waals surface area contributed by atoms with Crippen LogP contribution in [0.5, 0.6) is 0 Å². The standard InChI is InChI=1S/C15H29NO2/c1-3-4-5-6-7-8-9-10-11-12-14(17)13(2)15(16)18/h13H,3-12H2,1-2H3,(H2,16,18). The molecule has 0 saturated heterocycles. The van der Waals surface area contributed by atoms with Gasteiger partial charge in [-0.05, 0) is 13.3 Å². The van der Waals surface area contributed by atoms with Crippen LogP contribution in [0.25, 0.3) is 0 Å². The molecule has 0 aromatic heterocycles. The van der Waals surface area contributed by atoms with Crippen molar-refractivity contribution < 1.29 is 9.59 Å². The van der Waals surface area contributed by atoms with Crippen molar-refractivity contribution in [2.24, 2.45) is 11.7 Å². The van der Waals surface area contributed by atoms with E-state index in [1.54, 1.807) is 6.92 Å². The highest BCUT2D eigenvalue weighted by atomic mass is 16.2. The molecule has 2 N–H and O–H groups in total. The van der Waals surface area contributed by atoms with Crippen molar-refractivity contribution in [3.05, 3.63) is 0 Å². The Kier molecular flexibility index (Phi) is 10.7. The van der Waals surface area contributed by atoms with Gasteiger partial charge in [0.05, 0.1) is 5.92 Å². The third kappa shape index (κ3) is 9.20. The second-order valence-electron chi connectivity index (χ2n) is 5.17. The summed E-state index contributed by atoms with van der Waals surface area (Å²) in [5.41, 5.74) is 5.09. The summed E-state index contributed by atoms with van der Waals surface area (Å²) in [6.45, 7) is 3.82. The van der Waals surface area contributed by atoms with Crippen molar-refractivity contribution in [1.29, 1.82) is 0 Å². The number of nitrogens with two attached hydrogens (primary N) is 1. The molecule has 0 heterocycles. The van der Waals surface area contributed by atoms with Gasteiger partial charge in [0.15, 0.2) is 0 Å². The highest BCUT2D eigenvalue weighted by Crippen LogP contribution is 2.11. The second-order valence-corrected chi connectivity index (χ2v) is 5.17. The number of amides is 1. The fraction of sp³-hybridized carbons (Fsp3) is 0.867. The third-order valence-corrected chi connectivity index (χ3v) is 3.44. The lowest BCUT2D eigenvalue weighted by Gasteiger charge is -2.06. The molecular formula is C15H29NO2. The predicted molar refractivity (Wildman–Crippen MR) is 75.2 cm³/mol. The Morgan fingerprint density at radius 1 is 0.889 bits per heavy atom. The summed E-state index contributed by atoms with van der Waals surface area (Å²) in [4.78, 5) is 22.3. The van der Waals surface area contributed by atoms with Gasteiger partial charge in [0, 0.05) is 6.42 Å². The molecule has 0 saturated carbocycles. The lowest BCUT2D eigenvalue weighted by Crippen LogP contribution is -2.27. The van der Waals surface area contributed by atoms with E-state index in [1.807, 2.05) is 0 Å². The topological polar surface area (TPSA) is 60.2 Å². The SMILES string of the molecule is CCCCCCCCCCCC(=O)C(C)C(N)=O. The third-order valence-electron chi connectivity index (χ3n) is 3.44. The molecule has 1 atom stereocenters. The summed E-state index contributed by atoms with van der Waals surface area (Å²) < 4.78 is 0. The van der Waals surface area contributed by atoms with Crippen LogP contribution in [0.15, 0.2) is 0 Å². The van der Waals surface area contributed by atoms with E-state index < -0.39 is 11.8 Å². The van der Waals surface area contributed by atoms with Crippen molar-refractivity contribution in [3.8, 4) is 0 Å². The molecule has 0 aliphatic heterocycles. The van der Waals surface area contributed by atoms with Gasteiger partial charge in [-0.2, -0.15) is 0 Å². The zero-order valence-electron chi connectivity index (χ0n) is 12.0. The summed E-state index contributed by atoms with van der Waals surface area (Å²) in [5.74, 6) is -1.12. The van der Waals surface area contributed by atoms with Crippen molar-refractivity contribution in [3.63, 3.8) is 0 Å². The Balaban J connectivity index is 3.30. The first-order valence-corrected chi connectivity index (χ1v) is 7.41. The lowest BCUT2D eigenvalue weighted by molar-refractivity contribution is -0.131. The van der Waals surface area contributed by atoms with Crippen molar-refractivity contribution >= 4 is 11.7 Å². The van der Waals surface area contributed by atoms with Crippen LogP contribution < -0.4 is 5.73 Å². The number of Topliss-reactive ketones (excluding diaryl/α,β-unsaturated/α-hetero) is 1. The molecule has 1 amide bonds. The minimum Gasteiger partial charge on any atom is -0.369 e. The molecule has 0 aromatic carbocycles. The number of carbonyl (C=O) groups is 2. The molecule has 0 radical (unpaired) electrons. The van der Waals surface area contributed by atoms with E-state index in [9.17, 15) is 9.59 Å². The Hall–Kier alpha value is -0.860. The first-order valence-electron chi connectivity index (χ1n) is 7.41. The predicted octanol–water partition coefficient (Wildman–Crippen LogP) is 3.60. The van der Waals surface area contributed by atoms with Gasteiger partial charge in [0.1, 0.15) is 5.78 Å². The maximum Gasteiger partial charge on any atom is 0.227 e. The molecule has 1 unspecified atom stereocenters. The number of carbonyl (C=O) groups excluding carboxylic acids is 2. The van der Waals surface area contributed by atoms with Crippen LogP contribution in [0.3, 0.4) is 0 Å². The van der Waals surface area contributed by atoms with Crippen LogP contribution in [0.1, 0.15) is 78.1 Å². The van der Waals surface area contributed by atoms with Crippen molar-refractivity contribution in [2.75, 3.05) is 0 Å². The Labute approximate surface area is 112 Å². The average molecular weight is 255 g/mol. The molecule has 3 nitrogen and oxygen atoms in total. The van der Waals surface area contributed by atoms with E-state index in [1.165, 1.54) is 44.9 Å². The highest BCUT2D eigenvalue weighted by Gasteiger charge is 2.17. The monoisotopic (exact) mass is 255 g/mol. The fourth-order valence-electron chi connectivity index (χ4n) is 1.99. The van der Waals surface area contributed by atoms with Gasteiger partial charge >= 0.3 is 0 Å². The summed E-state index contributed by atoms with van der Waals surface area (Å²) >= 11 is 0. The van der Waals surface area contributed by atoms with Gasteiger partial charge in [-0.15, -0.1) is 0 Å². The largest absolute Gasteiger partial charge is 0.369 e. The van der Waals surface area contributed by atoms with E-state index >= 15 is 0 Å². The van der Waals surface area contributed by atoms with E-state index in [2.05, 4.69) is 6.92 Å². The minimum absolute atomic E-state index is 0.00885. The van der Waals surface area contributed by atoms with Gasteiger partial charge in [-0.25, -0.2) is 0 Å². The number of ketones is 1. The van der Waals surface area contributed by atoms with E-state index in [0.717, 1.165) is 12.8 Å². The Morgan fingerprint density at radius 3 is 1.78 bits per heavy atom. The minimum atomic E-state index is -0.612. The average Bonchev–Trinajstić information content (AvgIpc) is 2.35. The highest BCUT2D eigenvalue weighted by molar-refractivity contribution is 6.00.